The standard InChI is InChI=1S/C22H30N2O3/c1-6-23-22(25)14-27-20-8-7-18(12-21(20)26-5)13-24-17(4)19-10-15(2)9-16(3)11-19/h7-12,17,24H,6,13-14H2,1-5H3,(H,23,25). The predicted octanol–water partition coefficient (Wildman–Crippen LogP) is 3.68. The van der Waals surface area contributed by atoms with Crippen molar-refractivity contribution in [3.8, 4) is 11.5 Å². The van der Waals surface area contributed by atoms with Gasteiger partial charge in [0.15, 0.2) is 18.1 Å². The molecular weight excluding hydrogens is 340 g/mol. The van der Waals surface area contributed by atoms with Gasteiger partial charge in [0.05, 0.1) is 7.11 Å². The maximum absolute atomic E-state index is 11.6. The first kappa shape index (κ1) is 20.8. The number of rotatable bonds is 9. The fraction of sp³-hybridized carbons (Fsp3) is 0.409. The molecule has 0 aliphatic carbocycles. The van der Waals surface area contributed by atoms with E-state index in [2.05, 4.69) is 49.6 Å². The number of aryl methyl sites for hydroxylation is 2. The lowest BCUT2D eigenvalue weighted by Gasteiger charge is -2.17. The van der Waals surface area contributed by atoms with Gasteiger partial charge in [-0.2, -0.15) is 0 Å². The lowest BCUT2D eigenvalue weighted by atomic mass is 10.0. The first-order valence-corrected chi connectivity index (χ1v) is 9.31. The first-order valence-electron chi connectivity index (χ1n) is 9.31. The molecule has 0 heterocycles. The summed E-state index contributed by atoms with van der Waals surface area (Å²) in [5.41, 5.74) is 4.91. The van der Waals surface area contributed by atoms with E-state index in [9.17, 15) is 4.79 Å². The van der Waals surface area contributed by atoms with Gasteiger partial charge < -0.3 is 20.1 Å². The molecule has 0 aromatic heterocycles. The molecule has 1 amide bonds. The third kappa shape index (κ3) is 6.29. The Balaban J connectivity index is 1.99. The van der Waals surface area contributed by atoms with Gasteiger partial charge in [-0.25, -0.2) is 0 Å². The van der Waals surface area contributed by atoms with Crippen LogP contribution in [0, 0.1) is 13.8 Å². The van der Waals surface area contributed by atoms with Crippen LogP contribution in [0.1, 0.15) is 42.1 Å². The normalized spacial score (nSPS) is 11.7. The molecule has 0 bridgehead atoms. The lowest BCUT2D eigenvalue weighted by Crippen LogP contribution is -2.28. The second-order valence-corrected chi connectivity index (χ2v) is 6.75. The summed E-state index contributed by atoms with van der Waals surface area (Å²) >= 11 is 0. The van der Waals surface area contributed by atoms with E-state index in [1.54, 1.807) is 7.11 Å². The van der Waals surface area contributed by atoms with Crippen LogP contribution in [0.3, 0.4) is 0 Å². The smallest absolute Gasteiger partial charge is 0.257 e. The van der Waals surface area contributed by atoms with Crippen LogP contribution in [0.25, 0.3) is 0 Å². The summed E-state index contributed by atoms with van der Waals surface area (Å²) < 4.78 is 11.0. The number of likely N-dealkylation sites (N-methyl/N-ethyl adjacent to an activating group) is 1. The van der Waals surface area contributed by atoms with Crippen molar-refractivity contribution in [1.29, 1.82) is 0 Å². The molecule has 0 saturated heterocycles. The van der Waals surface area contributed by atoms with E-state index in [1.165, 1.54) is 16.7 Å². The van der Waals surface area contributed by atoms with Crippen LogP contribution >= 0.6 is 0 Å². The molecule has 2 N–H and O–H groups in total. The monoisotopic (exact) mass is 370 g/mol. The van der Waals surface area contributed by atoms with E-state index in [-0.39, 0.29) is 18.6 Å². The molecule has 0 saturated carbocycles. The molecule has 0 spiro atoms. The fourth-order valence-electron chi connectivity index (χ4n) is 2.98. The van der Waals surface area contributed by atoms with Crippen LogP contribution in [0.15, 0.2) is 36.4 Å². The average molecular weight is 370 g/mol. The third-order valence-electron chi connectivity index (χ3n) is 4.32. The second kappa shape index (κ2) is 9.97. The van der Waals surface area contributed by atoms with E-state index in [0.29, 0.717) is 24.6 Å². The van der Waals surface area contributed by atoms with E-state index in [1.807, 2.05) is 25.1 Å². The molecule has 0 aliphatic heterocycles. The number of nitrogens with one attached hydrogen (secondary N) is 2. The first-order chi connectivity index (χ1) is 12.9. The van der Waals surface area contributed by atoms with E-state index >= 15 is 0 Å². The molecule has 0 fully saturated rings. The Kier molecular flexibility index (Phi) is 7.67. The highest BCUT2D eigenvalue weighted by Crippen LogP contribution is 2.28. The molecule has 1 unspecified atom stereocenters. The van der Waals surface area contributed by atoms with E-state index in [4.69, 9.17) is 9.47 Å². The van der Waals surface area contributed by atoms with Gasteiger partial charge in [0.25, 0.3) is 5.91 Å². The number of benzene rings is 2. The Morgan fingerprint density at radius 1 is 1.07 bits per heavy atom. The zero-order valence-electron chi connectivity index (χ0n) is 16.9. The van der Waals surface area contributed by atoms with E-state index in [0.717, 1.165) is 5.56 Å². The quantitative estimate of drug-likeness (QED) is 0.707. The van der Waals surface area contributed by atoms with Crippen molar-refractivity contribution in [1.82, 2.24) is 10.6 Å². The summed E-state index contributed by atoms with van der Waals surface area (Å²) in [5, 5.41) is 6.25. The number of carbonyl (C=O) groups excluding carboxylic acids is 1. The number of hydrogen-bond acceptors (Lipinski definition) is 4. The summed E-state index contributed by atoms with van der Waals surface area (Å²) in [4.78, 5) is 11.6. The molecule has 1 atom stereocenters. The van der Waals surface area contributed by atoms with Gasteiger partial charge >= 0.3 is 0 Å². The minimum absolute atomic E-state index is 0.0223. The Bertz CT molecular complexity index is 754. The Morgan fingerprint density at radius 3 is 2.41 bits per heavy atom. The van der Waals surface area contributed by atoms with Gasteiger partial charge in [-0.3, -0.25) is 4.79 Å². The Hall–Kier alpha value is -2.53. The molecule has 0 aliphatic rings. The largest absolute Gasteiger partial charge is 0.493 e. The van der Waals surface area contributed by atoms with Gasteiger partial charge in [0.1, 0.15) is 0 Å². The molecule has 2 aromatic rings. The maximum atomic E-state index is 11.6. The van der Waals surface area contributed by atoms with Gasteiger partial charge in [-0.05, 0) is 51.0 Å². The molecule has 5 heteroatoms. The van der Waals surface area contributed by atoms with Gasteiger partial charge in [-0.15, -0.1) is 0 Å². The van der Waals surface area contributed by atoms with Crippen LogP contribution in [0.5, 0.6) is 11.5 Å². The summed E-state index contributed by atoms with van der Waals surface area (Å²) in [6.07, 6.45) is 0. The zero-order chi connectivity index (χ0) is 19.8. The van der Waals surface area contributed by atoms with Crippen LogP contribution < -0.4 is 20.1 Å². The van der Waals surface area contributed by atoms with Crippen LogP contribution in [0.4, 0.5) is 0 Å². The van der Waals surface area contributed by atoms with Crippen LogP contribution in [-0.4, -0.2) is 26.2 Å². The molecular formula is C22H30N2O3. The second-order valence-electron chi connectivity index (χ2n) is 6.75. The van der Waals surface area contributed by atoms with Gasteiger partial charge in [0, 0.05) is 19.1 Å². The summed E-state index contributed by atoms with van der Waals surface area (Å²) in [5.74, 6) is 1.04. The third-order valence-corrected chi connectivity index (χ3v) is 4.32. The molecule has 5 nitrogen and oxygen atoms in total. The van der Waals surface area contributed by atoms with Crippen LogP contribution in [0.2, 0.25) is 0 Å². The minimum atomic E-state index is -0.146. The number of ether oxygens (including phenoxy) is 2. The summed E-state index contributed by atoms with van der Waals surface area (Å²) in [7, 11) is 1.60. The molecule has 27 heavy (non-hydrogen) atoms. The molecule has 146 valence electrons. The number of hydrogen-bond donors (Lipinski definition) is 2. The fourth-order valence-corrected chi connectivity index (χ4v) is 2.98. The van der Waals surface area contributed by atoms with Crippen molar-refractivity contribution in [3.05, 3.63) is 58.7 Å². The lowest BCUT2D eigenvalue weighted by molar-refractivity contribution is -0.123. The summed E-state index contributed by atoms with van der Waals surface area (Å²) in [6.45, 7) is 9.55. The molecule has 0 radical (unpaired) electrons. The molecule has 2 rings (SSSR count). The number of amides is 1. The van der Waals surface area contributed by atoms with Crippen molar-refractivity contribution in [2.45, 2.75) is 40.3 Å². The SMILES string of the molecule is CCNC(=O)COc1ccc(CNC(C)c2cc(C)cc(C)c2)cc1OC. The van der Waals surface area contributed by atoms with Crippen molar-refractivity contribution >= 4 is 5.91 Å². The van der Waals surface area contributed by atoms with E-state index < -0.39 is 0 Å². The highest BCUT2D eigenvalue weighted by molar-refractivity contribution is 5.77. The van der Waals surface area contributed by atoms with Gasteiger partial charge in [-0.1, -0.05) is 35.4 Å². The number of methoxy groups -OCH3 is 1. The maximum Gasteiger partial charge on any atom is 0.257 e. The topological polar surface area (TPSA) is 59.6 Å². The predicted molar refractivity (Wildman–Crippen MR) is 108 cm³/mol. The Labute approximate surface area is 162 Å². The average Bonchev–Trinajstić information content (AvgIpc) is 2.64. The minimum Gasteiger partial charge on any atom is -0.493 e. The zero-order valence-corrected chi connectivity index (χ0v) is 16.9. The Morgan fingerprint density at radius 2 is 1.78 bits per heavy atom. The summed E-state index contributed by atoms with van der Waals surface area (Å²) in [6, 6.07) is 12.6. The number of carbonyl (C=O) groups is 1. The van der Waals surface area contributed by atoms with Crippen molar-refractivity contribution in [3.63, 3.8) is 0 Å². The molecule has 2 aromatic carbocycles. The highest BCUT2D eigenvalue weighted by atomic mass is 16.5. The van der Waals surface area contributed by atoms with Crippen molar-refractivity contribution in [2.75, 3.05) is 20.3 Å². The van der Waals surface area contributed by atoms with Crippen LogP contribution in [-0.2, 0) is 11.3 Å². The van der Waals surface area contributed by atoms with Crippen molar-refractivity contribution in [2.24, 2.45) is 0 Å². The van der Waals surface area contributed by atoms with Gasteiger partial charge in [0.2, 0.25) is 0 Å². The van der Waals surface area contributed by atoms with Crippen molar-refractivity contribution < 1.29 is 14.3 Å². The highest BCUT2D eigenvalue weighted by Gasteiger charge is 2.10.